The molecule has 0 aliphatic heterocycles. The van der Waals surface area contributed by atoms with Crippen LogP contribution in [-0.2, 0) is 22.9 Å². The largest absolute Gasteiger partial charge is 0.322 e. The molecule has 2 aromatic rings. The van der Waals surface area contributed by atoms with Crippen molar-refractivity contribution in [2.75, 3.05) is 12.4 Å². The van der Waals surface area contributed by atoms with Gasteiger partial charge < -0.3 is 5.32 Å². The van der Waals surface area contributed by atoms with Gasteiger partial charge in [-0.15, -0.1) is 0 Å². The molecule has 3 rings (SSSR count). The second-order valence-corrected chi connectivity index (χ2v) is 7.93. The van der Waals surface area contributed by atoms with Gasteiger partial charge in [-0.3, -0.25) is 4.79 Å². The van der Waals surface area contributed by atoms with Gasteiger partial charge in [0, 0.05) is 5.69 Å². The molecule has 1 aliphatic carbocycles. The quantitative estimate of drug-likeness (QED) is 0.875. The van der Waals surface area contributed by atoms with Gasteiger partial charge in [0.05, 0.1) is 15.5 Å². The van der Waals surface area contributed by atoms with Gasteiger partial charge in [0.1, 0.15) is 0 Å². The SMILES string of the molecule is CNS(=O)(=O)c1ccc(Cl)c(C(=O)Nc2ccc3c(c2)CCC3)c1. The first kappa shape index (κ1) is 17.0. The molecule has 0 spiro atoms. The van der Waals surface area contributed by atoms with Crippen LogP contribution < -0.4 is 10.0 Å². The molecule has 0 saturated heterocycles. The molecule has 0 radical (unpaired) electrons. The molecule has 0 unspecified atom stereocenters. The standard InChI is InChI=1S/C17H17ClN2O3S/c1-19-24(22,23)14-7-8-16(18)15(10-14)17(21)20-13-6-5-11-3-2-4-12(11)9-13/h5-10,19H,2-4H2,1H3,(H,20,21). The highest BCUT2D eigenvalue weighted by Crippen LogP contribution is 2.26. The number of carbonyl (C=O) groups excluding carboxylic acids is 1. The van der Waals surface area contributed by atoms with Crippen molar-refractivity contribution in [2.45, 2.75) is 24.2 Å². The Kier molecular flexibility index (Phi) is 4.62. The zero-order chi connectivity index (χ0) is 17.3. The Hall–Kier alpha value is -1.89. The van der Waals surface area contributed by atoms with Gasteiger partial charge in [-0.05, 0) is 67.8 Å². The first-order valence-corrected chi connectivity index (χ1v) is 9.43. The summed E-state index contributed by atoms with van der Waals surface area (Å²) < 4.78 is 26.0. The highest BCUT2D eigenvalue weighted by Gasteiger charge is 2.18. The van der Waals surface area contributed by atoms with Crippen LogP contribution in [0.3, 0.4) is 0 Å². The van der Waals surface area contributed by atoms with E-state index in [4.69, 9.17) is 11.6 Å². The van der Waals surface area contributed by atoms with Crippen molar-refractivity contribution in [3.8, 4) is 0 Å². The Balaban J connectivity index is 1.88. The molecule has 5 nitrogen and oxygen atoms in total. The highest BCUT2D eigenvalue weighted by molar-refractivity contribution is 7.89. The first-order chi connectivity index (χ1) is 11.4. The zero-order valence-electron chi connectivity index (χ0n) is 13.1. The number of benzene rings is 2. The minimum Gasteiger partial charge on any atom is -0.322 e. The zero-order valence-corrected chi connectivity index (χ0v) is 14.7. The summed E-state index contributed by atoms with van der Waals surface area (Å²) in [4.78, 5) is 12.5. The lowest BCUT2D eigenvalue weighted by molar-refractivity contribution is 0.102. The van der Waals surface area contributed by atoms with Crippen LogP contribution in [-0.4, -0.2) is 21.4 Å². The van der Waals surface area contributed by atoms with E-state index in [1.165, 1.54) is 36.4 Å². The Morgan fingerprint density at radius 3 is 2.58 bits per heavy atom. The molecule has 0 saturated carbocycles. The molecule has 1 amide bonds. The van der Waals surface area contributed by atoms with Gasteiger partial charge in [-0.25, -0.2) is 13.1 Å². The highest BCUT2D eigenvalue weighted by atomic mass is 35.5. The fourth-order valence-electron chi connectivity index (χ4n) is 2.81. The lowest BCUT2D eigenvalue weighted by atomic mass is 10.1. The third-order valence-corrected chi connectivity index (χ3v) is 5.86. The Bertz CT molecular complexity index is 910. The van der Waals surface area contributed by atoms with Gasteiger partial charge in [0.15, 0.2) is 0 Å². The van der Waals surface area contributed by atoms with Crippen LogP contribution in [0.4, 0.5) is 5.69 Å². The summed E-state index contributed by atoms with van der Waals surface area (Å²) in [6, 6.07) is 9.87. The van der Waals surface area contributed by atoms with E-state index in [0.29, 0.717) is 5.69 Å². The molecule has 24 heavy (non-hydrogen) atoms. The molecule has 2 N–H and O–H groups in total. The number of amides is 1. The number of fused-ring (bicyclic) bond motifs is 1. The van der Waals surface area contributed by atoms with Gasteiger partial charge in [0.25, 0.3) is 5.91 Å². The molecule has 2 aromatic carbocycles. The van der Waals surface area contributed by atoms with E-state index < -0.39 is 15.9 Å². The number of sulfonamides is 1. The predicted molar refractivity (Wildman–Crippen MR) is 94.1 cm³/mol. The van der Waals surface area contributed by atoms with Gasteiger partial charge in [0.2, 0.25) is 10.0 Å². The fraction of sp³-hybridized carbons (Fsp3) is 0.235. The number of halogens is 1. The van der Waals surface area contributed by atoms with E-state index in [2.05, 4.69) is 10.0 Å². The van der Waals surface area contributed by atoms with Gasteiger partial charge in [-0.2, -0.15) is 0 Å². The van der Waals surface area contributed by atoms with Crippen LogP contribution in [0.15, 0.2) is 41.3 Å². The van der Waals surface area contributed by atoms with Crippen molar-refractivity contribution in [3.05, 3.63) is 58.1 Å². The van der Waals surface area contributed by atoms with E-state index >= 15 is 0 Å². The van der Waals surface area contributed by atoms with Crippen molar-refractivity contribution >= 4 is 33.2 Å². The summed E-state index contributed by atoms with van der Waals surface area (Å²) in [6.45, 7) is 0. The minimum atomic E-state index is -3.64. The van der Waals surface area contributed by atoms with Gasteiger partial charge >= 0.3 is 0 Å². The average molecular weight is 365 g/mol. The Morgan fingerprint density at radius 2 is 1.83 bits per heavy atom. The summed E-state index contributed by atoms with van der Waals surface area (Å²) >= 11 is 6.07. The number of rotatable bonds is 4. The molecule has 0 heterocycles. The summed E-state index contributed by atoms with van der Waals surface area (Å²) in [5, 5.41) is 2.98. The van der Waals surface area contributed by atoms with Crippen LogP contribution in [0.25, 0.3) is 0 Å². The van der Waals surface area contributed by atoms with Crippen LogP contribution in [0.1, 0.15) is 27.9 Å². The summed E-state index contributed by atoms with van der Waals surface area (Å²) in [7, 11) is -2.33. The third kappa shape index (κ3) is 3.31. The minimum absolute atomic E-state index is 0.00602. The first-order valence-electron chi connectivity index (χ1n) is 7.57. The van der Waals surface area contributed by atoms with E-state index in [-0.39, 0.29) is 15.5 Å². The Morgan fingerprint density at radius 1 is 1.08 bits per heavy atom. The van der Waals surface area contributed by atoms with Crippen molar-refractivity contribution in [3.63, 3.8) is 0 Å². The topological polar surface area (TPSA) is 75.3 Å². The number of hydrogen-bond acceptors (Lipinski definition) is 3. The molecule has 0 aromatic heterocycles. The predicted octanol–water partition coefficient (Wildman–Crippen LogP) is 2.99. The molecule has 0 bridgehead atoms. The molecular weight excluding hydrogens is 348 g/mol. The maximum atomic E-state index is 12.5. The summed E-state index contributed by atoms with van der Waals surface area (Å²) in [6.07, 6.45) is 3.21. The molecular formula is C17H17ClN2O3S. The summed E-state index contributed by atoms with van der Waals surface area (Å²) in [5.74, 6) is -0.439. The molecule has 0 atom stereocenters. The smallest absolute Gasteiger partial charge is 0.257 e. The summed E-state index contributed by atoms with van der Waals surface area (Å²) in [5.41, 5.74) is 3.35. The van der Waals surface area contributed by atoms with Crippen LogP contribution in [0.5, 0.6) is 0 Å². The number of aryl methyl sites for hydroxylation is 2. The fourth-order valence-corrected chi connectivity index (χ4v) is 3.77. The second kappa shape index (κ2) is 6.55. The third-order valence-electron chi connectivity index (χ3n) is 4.12. The van der Waals surface area contributed by atoms with Crippen LogP contribution in [0, 0.1) is 0 Å². The normalized spacial score (nSPS) is 13.6. The van der Waals surface area contributed by atoms with Crippen LogP contribution >= 0.6 is 11.6 Å². The lowest BCUT2D eigenvalue weighted by Crippen LogP contribution is -2.20. The van der Waals surface area contributed by atoms with E-state index in [9.17, 15) is 13.2 Å². The Labute approximate surface area is 146 Å². The van der Waals surface area contributed by atoms with Crippen molar-refractivity contribution in [1.29, 1.82) is 0 Å². The monoisotopic (exact) mass is 364 g/mol. The average Bonchev–Trinajstić information content (AvgIpc) is 3.02. The van der Waals surface area contributed by atoms with E-state index in [1.807, 2.05) is 18.2 Å². The van der Waals surface area contributed by atoms with Crippen LogP contribution in [0.2, 0.25) is 5.02 Å². The molecule has 0 fully saturated rings. The molecule has 1 aliphatic rings. The van der Waals surface area contributed by atoms with E-state index in [0.717, 1.165) is 19.3 Å². The second-order valence-electron chi connectivity index (χ2n) is 5.64. The number of nitrogens with one attached hydrogen (secondary N) is 2. The maximum absolute atomic E-state index is 12.5. The lowest BCUT2D eigenvalue weighted by Gasteiger charge is -2.10. The number of carbonyl (C=O) groups is 1. The number of anilines is 1. The molecule has 126 valence electrons. The van der Waals surface area contributed by atoms with Crippen molar-refractivity contribution < 1.29 is 13.2 Å². The number of hydrogen-bond donors (Lipinski definition) is 2. The maximum Gasteiger partial charge on any atom is 0.257 e. The molecule has 7 heteroatoms. The van der Waals surface area contributed by atoms with Gasteiger partial charge in [-0.1, -0.05) is 17.7 Å². The van der Waals surface area contributed by atoms with Crippen molar-refractivity contribution in [1.82, 2.24) is 4.72 Å². The van der Waals surface area contributed by atoms with E-state index in [1.54, 1.807) is 0 Å². The van der Waals surface area contributed by atoms with Crippen molar-refractivity contribution in [2.24, 2.45) is 0 Å².